The quantitative estimate of drug-likeness (QED) is 0.910. The maximum atomic E-state index is 13.2. The second-order valence-corrected chi connectivity index (χ2v) is 6.40. The lowest BCUT2D eigenvalue weighted by Crippen LogP contribution is -2.47. The van der Waals surface area contributed by atoms with Gasteiger partial charge < -0.3 is 9.52 Å². The predicted octanol–water partition coefficient (Wildman–Crippen LogP) is 2.28. The number of aryl methyl sites for hydroxylation is 2. The van der Waals surface area contributed by atoms with Crippen molar-refractivity contribution in [2.75, 3.05) is 32.7 Å². The fraction of sp³-hybridized carbons (Fsp3) is 0.500. The Morgan fingerprint density at radius 1 is 1.21 bits per heavy atom. The third-order valence-corrected chi connectivity index (χ3v) is 4.56. The smallest absolute Gasteiger partial charge is 0.208 e. The summed E-state index contributed by atoms with van der Waals surface area (Å²) in [6.45, 7) is 8.65. The van der Waals surface area contributed by atoms with Gasteiger partial charge in [0.15, 0.2) is 0 Å². The molecule has 0 unspecified atom stereocenters. The van der Waals surface area contributed by atoms with E-state index in [1.165, 1.54) is 12.1 Å². The van der Waals surface area contributed by atoms with E-state index < -0.39 is 6.10 Å². The van der Waals surface area contributed by atoms with Crippen LogP contribution in [0.15, 0.2) is 28.7 Å². The Kier molecular flexibility index (Phi) is 5.28. The molecule has 1 fully saturated rings. The van der Waals surface area contributed by atoms with Crippen LogP contribution in [0, 0.1) is 19.7 Å². The summed E-state index contributed by atoms with van der Waals surface area (Å²) < 4.78 is 18.9. The Morgan fingerprint density at radius 2 is 1.92 bits per heavy atom. The van der Waals surface area contributed by atoms with Crippen LogP contribution in [0.25, 0.3) is 0 Å². The summed E-state index contributed by atoms with van der Waals surface area (Å²) >= 11 is 0. The third kappa shape index (κ3) is 4.20. The molecule has 0 aliphatic carbocycles. The number of nitrogens with zero attached hydrogens (tertiary/aromatic N) is 3. The van der Waals surface area contributed by atoms with Gasteiger partial charge in [-0.05, 0) is 31.5 Å². The fourth-order valence-electron chi connectivity index (χ4n) is 2.99. The average molecular weight is 333 g/mol. The second-order valence-electron chi connectivity index (χ2n) is 6.40. The van der Waals surface area contributed by atoms with Gasteiger partial charge in [0.1, 0.15) is 11.6 Å². The summed E-state index contributed by atoms with van der Waals surface area (Å²) in [5.74, 6) is 1.33. The zero-order valence-corrected chi connectivity index (χ0v) is 14.2. The van der Waals surface area contributed by atoms with Crippen molar-refractivity contribution in [2.45, 2.75) is 26.5 Å². The molecule has 0 bridgehead atoms. The maximum absolute atomic E-state index is 13.2. The molecule has 24 heavy (non-hydrogen) atoms. The van der Waals surface area contributed by atoms with Gasteiger partial charge in [0.25, 0.3) is 0 Å². The highest BCUT2D eigenvalue weighted by Crippen LogP contribution is 2.17. The minimum absolute atomic E-state index is 0.312. The van der Waals surface area contributed by atoms with Crippen LogP contribution in [0.3, 0.4) is 0 Å². The normalized spacial score (nSPS) is 18.0. The van der Waals surface area contributed by atoms with Crippen LogP contribution < -0.4 is 0 Å². The summed E-state index contributed by atoms with van der Waals surface area (Å²) in [5.41, 5.74) is 1.57. The molecule has 2 heterocycles. The lowest BCUT2D eigenvalue weighted by molar-refractivity contribution is 0.0669. The van der Waals surface area contributed by atoms with Crippen molar-refractivity contribution in [1.82, 2.24) is 14.8 Å². The van der Waals surface area contributed by atoms with Crippen molar-refractivity contribution in [1.29, 1.82) is 0 Å². The first kappa shape index (κ1) is 17.1. The first-order valence-corrected chi connectivity index (χ1v) is 8.32. The molecular formula is C18H24FN3O2. The minimum Gasteiger partial charge on any atom is -0.444 e. The molecule has 5 nitrogen and oxygen atoms in total. The zero-order valence-electron chi connectivity index (χ0n) is 14.2. The molecule has 2 aromatic rings. The summed E-state index contributed by atoms with van der Waals surface area (Å²) in [5, 5.41) is 10.3. The van der Waals surface area contributed by atoms with Gasteiger partial charge in [-0.3, -0.25) is 9.80 Å². The second kappa shape index (κ2) is 7.42. The predicted molar refractivity (Wildman–Crippen MR) is 89.1 cm³/mol. The Balaban J connectivity index is 1.48. The topological polar surface area (TPSA) is 52.7 Å². The lowest BCUT2D eigenvalue weighted by atomic mass is 10.1. The molecule has 1 N–H and O–H groups in total. The van der Waals surface area contributed by atoms with Crippen molar-refractivity contribution >= 4 is 0 Å². The fourth-order valence-corrected chi connectivity index (χ4v) is 2.99. The number of oxazole rings is 1. The zero-order chi connectivity index (χ0) is 17.1. The van der Waals surface area contributed by atoms with E-state index in [9.17, 15) is 9.50 Å². The lowest BCUT2D eigenvalue weighted by Gasteiger charge is -2.35. The minimum atomic E-state index is -0.663. The molecule has 1 aliphatic rings. The molecule has 1 atom stereocenters. The SMILES string of the molecule is Cc1nc(CN2CCN(C[C@H](O)c3cccc(F)c3)CC2)oc1C. The van der Waals surface area contributed by atoms with Crippen LogP contribution >= 0.6 is 0 Å². The number of rotatable bonds is 5. The standard InChI is InChI=1S/C18H24FN3O2/c1-13-14(2)24-18(20-13)12-22-8-6-21(7-9-22)11-17(23)15-4-3-5-16(19)10-15/h3-5,10,17,23H,6-9,11-12H2,1-2H3/t17-/m0/s1. The number of piperazine rings is 1. The monoisotopic (exact) mass is 333 g/mol. The average Bonchev–Trinajstić information content (AvgIpc) is 2.87. The highest BCUT2D eigenvalue weighted by atomic mass is 19.1. The van der Waals surface area contributed by atoms with Crippen molar-refractivity contribution in [3.63, 3.8) is 0 Å². The van der Waals surface area contributed by atoms with E-state index >= 15 is 0 Å². The molecule has 0 amide bonds. The van der Waals surface area contributed by atoms with E-state index in [2.05, 4.69) is 14.8 Å². The number of aliphatic hydroxyl groups excluding tert-OH is 1. The van der Waals surface area contributed by atoms with Crippen LogP contribution in [0.5, 0.6) is 0 Å². The van der Waals surface area contributed by atoms with Crippen LogP contribution in [0.1, 0.15) is 29.0 Å². The summed E-state index contributed by atoms with van der Waals surface area (Å²) in [4.78, 5) is 8.93. The van der Waals surface area contributed by atoms with Gasteiger partial charge in [-0.25, -0.2) is 9.37 Å². The molecule has 3 rings (SSSR count). The summed E-state index contributed by atoms with van der Waals surface area (Å²) in [6.07, 6.45) is -0.663. The number of benzene rings is 1. The molecule has 130 valence electrons. The van der Waals surface area contributed by atoms with E-state index in [1.54, 1.807) is 12.1 Å². The van der Waals surface area contributed by atoms with E-state index in [-0.39, 0.29) is 5.82 Å². The largest absolute Gasteiger partial charge is 0.444 e. The van der Waals surface area contributed by atoms with Crippen molar-refractivity contribution in [3.05, 3.63) is 53.0 Å². The Bertz CT molecular complexity index is 661. The van der Waals surface area contributed by atoms with E-state index in [4.69, 9.17) is 4.42 Å². The molecular weight excluding hydrogens is 309 g/mol. The van der Waals surface area contributed by atoms with E-state index in [1.807, 2.05) is 13.8 Å². The molecule has 0 spiro atoms. The van der Waals surface area contributed by atoms with Gasteiger partial charge in [-0.1, -0.05) is 12.1 Å². The first-order valence-electron chi connectivity index (χ1n) is 8.32. The van der Waals surface area contributed by atoms with Gasteiger partial charge in [0, 0.05) is 32.7 Å². The molecule has 6 heteroatoms. The molecule has 0 saturated carbocycles. The highest BCUT2D eigenvalue weighted by molar-refractivity contribution is 5.19. The maximum Gasteiger partial charge on any atom is 0.208 e. The van der Waals surface area contributed by atoms with Gasteiger partial charge in [0.05, 0.1) is 18.3 Å². The number of β-amino-alcohol motifs (C(OH)–C–C–N with tert-alkyl or cyclic N) is 1. The molecule has 1 aromatic carbocycles. The summed E-state index contributed by atoms with van der Waals surface area (Å²) in [6, 6.07) is 6.18. The number of hydrogen-bond acceptors (Lipinski definition) is 5. The Hall–Kier alpha value is -1.76. The molecule has 1 saturated heterocycles. The number of hydrogen-bond donors (Lipinski definition) is 1. The van der Waals surface area contributed by atoms with E-state index in [0.717, 1.165) is 50.1 Å². The van der Waals surface area contributed by atoms with Gasteiger partial charge >= 0.3 is 0 Å². The van der Waals surface area contributed by atoms with Crippen LogP contribution in [0.2, 0.25) is 0 Å². The third-order valence-electron chi connectivity index (χ3n) is 4.56. The highest BCUT2D eigenvalue weighted by Gasteiger charge is 2.21. The van der Waals surface area contributed by atoms with Gasteiger partial charge in [0.2, 0.25) is 5.89 Å². The molecule has 1 aromatic heterocycles. The van der Waals surface area contributed by atoms with E-state index in [0.29, 0.717) is 12.1 Å². The number of aliphatic hydroxyl groups is 1. The van der Waals surface area contributed by atoms with Crippen LogP contribution in [-0.4, -0.2) is 52.6 Å². The van der Waals surface area contributed by atoms with Crippen LogP contribution in [-0.2, 0) is 6.54 Å². The van der Waals surface area contributed by atoms with Gasteiger partial charge in [-0.15, -0.1) is 0 Å². The van der Waals surface area contributed by atoms with Crippen LogP contribution in [0.4, 0.5) is 4.39 Å². The molecule has 1 aliphatic heterocycles. The van der Waals surface area contributed by atoms with Crippen molar-refractivity contribution in [3.8, 4) is 0 Å². The Morgan fingerprint density at radius 3 is 2.54 bits per heavy atom. The number of halogens is 1. The Labute approximate surface area is 141 Å². The number of aromatic nitrogens is 1. The first-order chi connectivity index (χ1) is 11.5. The van der Waals surface area contributed by atoms with Crippen molar-refractivity contribution < 1.29 is 13.9 Å². The van der Waals surface area contributed by atoms with Crippen molar-refractivity contribution in [2.24, 2.45) is 0 Å². The molecule has 0 radical (unpaired) electrons. The summed E-state index contributed by atoms with van der Waals surface area (Å²) in [7, 11) is 0. The van der Waals surface area contributed by atoms with Gasteiger partial charge in [-0.2, -0.15) is 0 Å².